The Kier molecular flexibility index (Phi) is 3.83. The Hall–Kier alpha value is -2.37. The van der Waals surface area contributed by atoms with Crippen LogP contribution in [-0.2, 0) is 4.74 Å². The monoisotopic (exact) mass is 314 g/mol. The molecule has 2 aromatic rings. The van der Waals surface area contributed by atoms with E-state index in [0.717, 1.165) is 29.4 Å². The van der Waals surface area contributed by atoms with Gasteiger partial charge in [0.1, 0.15) is 16.6 Å². The van der Waals surface area contributed by atoms with Gasteiger partial charge in [-0.25, -0.2) is 4.79 Å². The summed E-state index contributed by atoms with van der Waals surface area (Å²) in [6.45, 7) is 7.67. The van der Waals surface area contributed by atoms with E-state index in [1.165, 1.54) is 0 Å². The van der Waals surface area contributed by atoms with Crippen molar-refractivity contribution < 1.29 is 9.53 Å². The summed E-state index contributed by atoms with van der Waals surface area (Å²) in [7, 11) is 0. The molecule has 0 radical (unpaired) electrons. The number of carbonyl (C=O) groups excluding carboxylic acids is 1. The smallest absolute Gasteiger partial charge is 0.431 e. The molecule has 0 spiro atoms. The third-order valence-corrected chi connectivity index (χ3v) is 3.66. The average molecular weight is 314 g/mol. The minimum absolute atomic E-state index is 0.118. The van der Waals surface area contributed by atoms with Crippen LogP contribution >= 0.6 is 0 Å². The van der Waals surface area contributed by atoms with Crippen molar-refractivity contribution in [1.29, 1.82) is 0 Å². The van der Waals surface area contributed by atoms with Gasteiger partial charge in [-0.15, -0.1) is 9.89 Å². The average Bonchev–Trinajstić information content (AvgIpc) is 2.80. The lowest BCUT2D eigenvalue weighted by molar-refractivity contribution is 0.0518. The summed E-state index contributed by atoms with van der Waals surface area (Å²) in [5, 5.41) is 9.95. The molecule has 0 fully saturated rings. The minimum atomic E-state index is -0.566. The Bertz CT molecular complexity index is 758. The molecule has 1 unspecified atom stereocenters. The Balaban J connectivity index is 2.12. The summed E-state index contributed by atoms with van der Waals surface area (Å²) in [5.74, 6) is 0. The van der Waals surface area contributed by atoms with Crippen LogP contribution in [0.5, 0.6) is 0 Å². The van der Waals surface area contributed by atoms with E-state index in [4.69, 9.17) is 4.74 Å². The third kappa shape index (κ3) is 2.93. The standard InChI is InChI=1S/C17H22N4O2/c1-5-7-13-11-10-12-8-6-9-14-15(12)21(19-18-14)20(13)16(22)23-17(2,3)4/h6,8-11,13H,5,7H2,1-4H3. The molecule has 6 heteroatoms. The predicted octanol–water partition coefficient (Wildman–Crippen LogP) is 3.50. The molecule has 23 heavy (non-hydrogen) atoms. The maximum Gasteiger partial charge on any atom is 0.431 e. The topological polar surface area (TPSA) is 60.2 Å². The zero-order valence-corrected chi connectivity index (χ0v) is 14.0. The second-order valence-electron chi connectivity index (χ2n) is 6.73. The largest absolute Gasteiger partial charge is 0.442 e. The number of rotatable bonds is 2. The Morgan fingerprint density at radius 2 is 2.13 bits per heavy atom. The number of hydrogen-bond donors (Lipinski definition) is 0. The van der Waals surface area contributed by atoms with Crippen molar-refractivity contribution in [3.8, 4) is 0 Å². The minimum Gasteiger partial charge on any atom is -0.442 e. The fraction of sp³-hybridized carbons (Fsp3) is 0.471. The van der Waals surface area contributed by atoms with Crippen molar-refractivity contribution in [3.63, 3.8) is 0 Å². The van der Waals surface area contributed by atoms with Gasteiger partial charge in [0.05, 0.1) is 6.04 Å². The summed E-state index contributed by atoms with van der Waals surface area (Å²) in [6, 6.07) is 5.72. The van der Waals surface area contributed by atoms with E-state index in [2.05, 4.69) is 17.2 Å². The van der Waals surface area contributed by atoms with Crippen molar-refractivity contribution in [1.82, 2.24) is 15.1 Å². The van der Waals surface area contributed by atoms with E-state index >= 15 is 0 Å². The number of amides is 1. The first kappa shape index (κ1) is 15.5. The number of hydrogen-bond acceptors (Lipinski definition) is 4. The van der Waals surface area contributed by atoms with Crippen LogP contribution in [-0.4, -0.2) is 32.8 Å². The Morgan fingerprint density at radius 3 is 2.83 bits per heavy atom. The summed E-state index contributed by atoms with van der Waals surface area (Å²) in [4.78, 5) is 14.4. The number of para-hydroxylation sites is 1. The molecule has 0 N–H and O–H groups in total. The highest BCUT2D eigenvalue weighted by Crippen LogP contribution is 2.25. The van der Waals surface area contributed by atoms with Gasteiger partial charge in [0, 0.05) is 5.56 Å². The van der Waals surface area contributed by atoms with Crippen LogP contribution in [0.2, 0.25) is 0 Å². The predicted molar refractivity (Wildman–Crippen MR) is 89.7 cm³/mol. The molecule has 0 saturated carbocycles. The van der Waals surface area contributed by atoms with Crippen molar-refractivity contribution >= 4 is 23.2 Å². The Labute approximate surface area is 135 Å². The molecular weight excluding hydrogens is 292 g/mol. The zero-order valence-electron chi connectivity index (χ0n) is 14.0. The molecule has 2 heterocycles. The van der Waals surface area contributed by atoms with E-state index in [1.807, 2.05) is 51.1 Å². The SMILES string of the molecule is CCCC1C=Cc2cccc3nnn(c23)N1C(=O)OC(C)(C)C. The van der Waals surface area contributed by atoms with Crippen molar-refractivity contribution in [2.24, 2.45) is 0 Å². The molecule has 1 aromatic heterocycles. The van der Waals surface area contributed by atoms with Crippen LogP contribution in [0.1, 0.15) is 46.1 Å². The number of benzene rings is 1. The van der Waals surface area contributed by atoms with Crippen LogP contribution in [0.4, 0.5) is 4.79 Å². The van der Waals surface area contributed by atoms with Crippen LogP contribution in [0, 0.1) is 0 Å². The van der Waals surface area contributed by atoms with E-state index in [-0.39, 0.29) is 6.04 Å². The van der Waals surface area contributed by atoms with Crippen molar-refractivity contribution in [3.05, 3.63) is 29.8 Å². The van der Waals surface area contributed by atoms with Crippen LogP contribution in [0.15, 0.2) is 24.3 Å². The van der Waals surface area contributed by atoms with E-state index in [9.17, 15) is 4.79 Å². The normalized spacial score (nSPS) is 17.4. The summed E-state index contributed by atoms with van der Waals surface area (Å²) >= 11 is 0. The summed E-state index contributed by atoms with van der Waals surface area (Å²) in [5.41, 5.74) is 2.02. The molecule has 1 aliphatic heterocycles. The van der Waals surface area contributed by atoms with Crippen LogP contribution < -0.4 is 5.01 Å². The van der Waals surface area contributed by atoms with Crippen molar-refractivity contribution in [2.45, 2.75) is 52.2 Å². The molecule has 122 valence electrons. The molecule has 6 nitrogen and oxygen atoms in total. The molecule has 1 aliphatic rings. The molecule has 0 aliphatic carbocycles. The fourth-order valence-corrected chi connectivity index (χ4v) is 2.74. The van der Waals surface area contributed by atoms with E-state index in [0.29, 0.717) is 0 Å². The molecular formula is C17H22N4O2. The molecule has 0 bridgehead atoms. The van der Waals surface area contributed by atoms with Gasteiger partial charge in [-0.3, -0.25) is 0 Å². The van der Waals surface area contributed by atoms with Gasteiger partial charge < -0.3 is 4.74 Å². The second kappa shape index (κ2) is 5.68. The maximum absolute atomic E-state index is 12.8. The molecule has 1 atom stereocenters. The maximum atomic E-state index is 12.8. The summed E-state index contributed by atoms with van der Waals surface area (Å²) in [6.07, 6.45) is 5.43. The third-order valence-electron chi connectivity index (χ3n) is 3.66. The lowest BCUT2D eigenvalue weighted by Crippen LogP contribution is -2.49. The van der Waals surface area contributed by atoms with Gasteiger partial charge >= 0.3 is 6.09 Å². The van der Waals surface area contributed by atoms with Gasteiger partial charge in [-0.1, -0.05) is 37.6 Å². The van der Waals surface area contributed by atoms with Gasteiger partial charge in [0.2, 0.25) is 0 Å². The molecule has 1 amide bonds. The second-order valence-corrected chi connectivity index (χ2v) is 6.73. The van der Waals surface area contributed by atoms with Crippen LogP contribution in [0.3, 0.4) is 0 Å². The number of ether oxygens (including phenoxy) is 1. The first-order valence-corrected chi connectivity index (χ1v) is 7.96. The number of nitrogens with zero attached hydrogens (tertiary/aromatic N) is 4. The molecule has 0 saturated heterocycles. The van der Waals surface area contributed by atoms with Crippen molar-refractivity contribution in [2.75, 3.05) is 5.01 Å². The first-order chi connectivity index (χ1) is 10.9. The van der Waals surface area contributed by atoms with Gasteiger partial charge in [0.25, 0.3) is 0 Å². The number of aromatic nitrogens is 3. The molecule has 3 rings (SSSR count). The zero-order chi connectivity index (χ0) is 16.6. The van der Waals surface area contributed by atoms with E-state index < -0.39 is 11.7 Å². The van der Waals surface area contributed by atoms with Gasteiger partial charge in [0.15, 0.2) is 0 Å². The lowest BCUT2D eigenvalue weighted by atomic mass is 10.1. The molecule has 1 aromatic carbocycles. The van der Waals surface area contributed by atoms with Gasteiger partial charge in [-0.2, -0.15) is 5.01 Å². The first-order valence-electron chi connectivity index (χ1n) is 7.96. The fourth-order valence-electron chi connectivity index (χ4n) is 2.74. The summed E-state index contributed by atoms with van der Waals surface area (Å²) < 4.78 is 5.59. The highest BCUT2D eigenvalue weighted by molar-refractivity contribution is 5.90. The number of carbonyl (C=O) groups is 1. The highest BCUT2D eigenvalue weighted by atomic mass is 16.6. The van der Waals surface area contributed by atoms with Crippen LogP contribution in [0.25, 0.3) is 17.1 Å². The lowest BCUT2D eigenvalue weighted by Gasteiger charge is -2.30. The highest BCUT2D eigenvalue weighted by Gasteiger charge is 2.32. The quantitative estimate of drug-likeness (QED) is 0.851. The Morgan fingerprint density at radius 1 is 1.35 bits per heavy atom. The van der Waals surface area contributed by atoms with E-state index in [1.54, 1.807) is 9.80 Å². The van der Waals surface area contributed by atoms with Gasteiger partial charge in [-0.05, 0) is 38.5 Å².